The molecule has 0 aliphatic carbocycles. The number of carbonyl (C=O) groups excluding carboxylic acids is 2. The molecule has 2 aliphatic heterocycles. The van der Waals surface area contributed by atoms with E-state index in [-0.39, 0.29) is 29.7 Å². The van der Waals surface area contributed by atoms with Gasteiger partial charge < -0.3 is 9.84 Å². The zero-order valence-corrected chi connectivity index (χ0v) is 14.6. The molecular formula is C16H13F3N4O3S. The summed E-state index contributed by atoms with van der Waals surface area (Å²) >= 11 is 1.58. The third kappa shape index (κ3) is 3.15. The highest BCUT2D eigenvalue weighted by molar-refractivity contribution is 7.99. The monoisotopic (exact) mass is 398 g/mol. The minimum Gasteiger partial charge on any atom is -0.337 e. The van der Waals surface area contributed by atoms with Gasteiger partial charge in [0.25, 0.3) is 5.91 Å². The van der Waals surface area contributed by atoms with Crippen molar-refractivity contribution in [1.82, 2.24) is 20.4 Å². The van der Waals surface area contributed by atoms with Crippen molar-refractivity contribution in [2.75, 3.05) is 11.5 Å². The molecule has 0 radical (unpaired) electrons. The second-order valence-corrected chi connectivity index (χ2v) is 7.40. The number of rotatable bonds is 3. The van der Waals surface area contributed by atoms with Crippen LogP contribution in [0.15, 0.2) is 28.8 Å². The van der Waals surface area contributed by atoms with Gasteiger partial charge in [0.15, 0.2) is 0 Å². The largest absolute Gasteiger partial charge is 0.416 e. The summed E-state index contributed by atoms with van der Waals surface area (Å²) in [6.45, 7) is -0.233. The second kappa shape index (κ2) is 6.25. The normalized spacial score (nSPS) is 22.7. The average molecular weight is 398 g/mol. The van der Waals surface area contributed by atoms with Gasteiger partial charge in [0.1, 0.15) is 12.1 Å². The van der Waals surface area contributed by atoms with Gasteiger partial charge in [0.05, 0.1) is 5.56 Å². The van der Waals surface area contributed by atoms with Crippen LogP contribution in [-0.4, -0.2) is 44.0 Å². The van der Waals surface area contributed by atoms with Crippen molar-refractivity contribution >= 4 is 23.7 Å². The molecule has 11 heteroatoms. The quantitative estimate of drug-likeness (QED) is 0.800. The molecule has 0 saturated carbocycles. The van der Waals surface area contributed by atoms with Crippen LogP contribution < -0.4 is 5.32 Å². The van der Waals surface area contributed by atoms with Gasteiger partial charge in [-0.3, -0.25) is 9.69 Å². The van der Waals surface area contributed by atoms with Gasteiger partial charge in [-0.2, -0.15) is 29.9 Å². The highest BCUT2D eigenvalue weighted by Crippen LogP contribution is 2.34. The van der Waals surface area contributed by atoms with E-state index >= 15 is 0 Å². The smallest absolute Gasteiger partial charge is 0.337 e. The lowest BCUT2D eigenvalue weighted by atomic mass is 9.99. The molecule has 3 amide bonds. The van der Waals surface area contributed by atoms with E-state index in [0.29, 0.717) is 12.2 Å². The fraction of sp³-hybridized carbons (Fsp3) is 0.375. The van der Waals surface area contributed by atoms with E-state index in [1.54, 1.807) is 11.8 Å². The van der Waals surface area contributed by atoms with Gasteiger partial charge in [-0.05, 0) is 24.3 Å². The minimum atomic E-state index is -4.49. The van der Waals surface area contributed by atoms with E-state index in [0.717, 1.165) is 22.8 Å². The number of amides is 3. The number of nitrogens with one attached hydrogen (secondary N) is 1. The van der Waals surface area contributed by atoms with Gasteiger partial charge >= 0.3 is 12.2 Å². The number of benzene rings is 1. The van der Waals surface area contributed by atoms with Crippen molar-refractivity contribution in [3.63, 3.8) is 0 Å². The summed E-state index contributed by atoms with van der Waals surface area (Å²) < 4.78 is 43.5. The first-order valence-electron chi connectivity index (χ1n) is 8.01. The van der Waals surface area contributed by atoms with Gasteiger partial charge in [-0.15, -0.1) is 0 Å². The first kappa shape index (κ1) is 17.8. The molecule has 1 atom stereocenters. The number of hydrogen-bond donors (Lipinski definition) is 1. The van der Waals surface area contributed by atoms with Crippen LogP contribution in [-0.2, 0) is 17.5 Å². The van der Waals surface area contributed by atoms with Crippen LogP contribution in [0.1, 0.15) is 17.9 Å². The maximum absolute atomic E-state index is 12.8. The third-order valence-electron chi connectivity index (χ3n) is 4.48. The molecule has 3 heterocycles. The molecule has 2 fully saturated rings. The molecule has 2 saturated heterocycles. The third-order valence-corrected chi connectivity index (χ3v) is 5.67. The van der Waals surface area contributed by atoms with Crippen LogP contribution in [0, 0.1) is 0 Å². The molecule has 0 bridgehead atoms. The summed E-state index contributed by atoms with van der Waals surface area (Å²) in [5, 5.41) is 6.38. The molecule has 1 unspecified atom stereocenters. The number of hydrogen-bond acceptors (Lipinski definition) is 6. The van der Waals surface area contributed by atoms with Crippen molar-refractivity contribution in [3.05, 3.63) is 35.7 Å². The Morgan fingerprint density at radius 3 is 2.85 bits per heavy atom. The Hall–Kier alpha value is -2.56. The van der Waals surface area contributed by atoms with Crippen molar-refractivity contribution < 1.29 is 27.3 Å². The van der Waals surface area contributed by atoms with Crippen LogP contribution in [0.2, 0.25) is 0 Å². The van der Waals surface area contributed by atoms with E-state index in [1.807, 2.05) is 0 Å². The van der Waals surface area contributed by atoms with E-state index in [1.165, 1.54) is 12.1 Å². The zero-order valence-electron chi connectivity index (χ0n) is 13.7. The zero-order chi connectivity index (χ0) is 19.2. The highest BCUT2D eigenvalue weighted by atomic mass is 32.2. The molecule has 2 aromatic rings. The Morgan fingerprint density at radius 2 is 2.15 bits per heavy atom. The number of carbonyl (C=O) groups is 2. The predicted molar refractivity (Wildman–Crippen MR) is 88.5 cm³/mol. The lowest BCUT2D eigenvalue weighted by molar-refractivity contribution is -0.137. The fourth-order valence-electron chi connectivity index (χ4n) is 3.06. The van der Waals surface area contributed by atoms with Gasteiger partial charge in [-0.25, -0.2) is 4.79 Å². The standard InChI is InChI=1S/C16H13F3N4O3S/c17-16(18,19)10-3-1-2-9(6-10)12-20-11(26-22-12)7-23-13(24)15(21-14(23)25)4-5-27-8-15/h1-3,6H,4-5,7-8H2,(H,21,25). The lowest BCUT2D eigenvalue weighted by Crippen LogP contribution is -2.46. The Kier molecular flexibility index (Phi) is 4.13. The van der Waals surface area contributed by atoms with Crippen molar-refractivity contribution in [2.24, 2.45) is 0 Å². The van der Waals surface area contributed by atoms with E-state index < -0.39 is 23.3 Å². The highest BCUT2D eigenvalue weighted by Gasteiger charge is 2.53. The predicted octanol–water partition coefficient (Wildman–Crippen LogP) is 2.68. The Balaban J connectivity index is 1.54. The van der Waals surface area contributed by atoms with Gasteiger partial charge in [0, 0.05) is 11.3 Å². The van der Waals surface area contributed by atoms with Crippen molar-refractivity contribution in [1.29, 1.82) is 0 Å². The molecule has 1 aromatic carbocycles. The number of imide groups is 1. The molecule has 2 aliphatic rings. The Bertz CT molecular complexity index is 908. The summed E-state index contributed by atoms with van der Waals surface area (Å²) in [6, 6.07) is 3.97. The van der Waals surface area contributed by atoms with E-state index in [4.69, 9.17) is 4.52 Å². The number of nitrogens with zero attached hydrogens (tertiary/aromatic N) is 3. The van der Waals surface area contributed by atoms with Crippen LogP contribution in [0.5, 0.6) is 0 Å². The maximum Gasteiger partial charge on any atom is 0.416 e. The summed E-state index contributed by atoms with van der Waals surface area (Å²) in [4.78, 5) is 29.8. The topological polar surface area (TPSA) is 88.3 Å². The van der Waals surface area contributed by atoms with E-state index in [2.05, 4.69) is 15.5 Å². The molecule has 1 spiro atoms. The molecule has 4 rings (SSSR count). The van der Waals surface area contributed by atoms with Crippen LogP contribution in [0.4, 0.5) is 18.0 Å². The summed E-state index contributed by atoms with van der Waals surface area (Å²) in [5.41, 5.74) is -1.59. The van der Waals surface area contributed by atoms with Crippen molar-refractivity contribution in [3.8, 4) is 11.4 Å². The summed E-state index contributed by atoms with van der Waals surface area (Å²) in [7, 11) is 0. The minimum absolute atomic E-state index is 0.0337. The fourth-order valence-corrected chi connectivity index (χ4v) is 4.38. The number of urea groups is 1. The Morgan fingerprint density at radius 1 is 1.33 bits per heavy atom. The molecule has 142 valence electrons. The Labute approximate surface area is 155 Å². The lowest BCUT2D eigenvalue weighted by Gasteiger charge is -2.18. The number of halogens is 3. The molecular weight excluding hydrogens is 385 g/mol. The number of alkyl halides is 3. The van der Waals surface area contributed by atoms with Crippen molar-refractivity contribution in [2.45, 2.75) is 24.7 Å². The SMILES string of the molecule is O=C1NC2(CCSC2)C(=O)N1Cc1nc(-c2cccc(C(F)(F)F)c2)no1. The first-order chi connectivity index (χ1) is 12.8. The summed E-state index contributed by atoms with van der Waals surface area (Å²) in [6.07, 6.45) is -3.94. The second-order valence-electron chi connectivity index (χ2n) is 6.30. The van der Waals surface area contributed by atoms with Crippen LogP contribution >= 0.6 is 11.8 Å². The van der Waals surface area contributed by atoms with Crippen LogP contribution in [0.3, 0.4) is 0 Å². The number of aromatic nitrogens is 2. The van der Waals surface area contributed by atoms with Gasteiger partial charge in [-0.1, -0.05) is 17.3 Å². The van der Waals surface area contributed by atoms with Gasteiger partial charge in [0.2, 0.25) is 11.7 Å². The van der Waals surface area contributed by atoms with Crippen LogP contribution in [0.25, 0.3) is 11.4 Å². The molecule has 1 aromatic heterocycles. The first-order valence-corrected chi connectivity index (χ1v) is 9.16. The maximum atomic E-state index is 12.8. The number of thioether (sulfide) groups is 1. The molecule has 27 heavy (non-hydrogen) atoms. The average Bonchev–Trinajstić information content (AvgIpc) is 3.33. The molecule has 7 nitrogen and oxygen atoms in total. The summed E-state index contributed by atoms with van der Waals surface area (Å²) in [5.74, 6) is 0.854. The van der Waals surface area contributed by atoms with E-state index in [9.17, 15) is 22.8 Å². The molecule has 1 N–H and O–H groups in total.